The molecule has 2 fully saturated rings. The number of rotatable bonds is 3. The smallest absolute Gasteiger partial charge is 0.322 e. The van der Waals surface area contributed by atoms with Gasteiger partial charge in [0.25, 0.3) is 0 Å². The van der Waals surface area contributed by atoms with Gasteiger partial charge in [0, 0.05) is 41.9 Å². The van der Waals surface area contributed by atoms with Crippen LogP contribution in [0, 0.1) is 6.92 Å². The second kappa shape index (κ2) is 8.45. The standard InChI is InChI=1S/C22H28N4O2S/c1-15-14-17(25-11-4-3-6-16(25)2)8-9-18(15)24-22(28)26-12-10-23-21(27)20(26)19-7-5-13-29-19/h5,7-9,13-14,16,20H,3-4,6,10-12H2,1-2H3,(H,23,27)(H,24,28). The predicted molar refractivity (Wildman–Crippen MR) is 118 cm³/mol. The highest BCUT2D eigenvalue weighted by Gasteiger charge is 2.35. The minimum atomic E-state index is -0.572. The minimum Gasteiger partial charge on any atom is -0.369 e. The second-order valence-electron chi connectivity index (χ2n) is 7.87. The van der Waals surface area contributed by atoms with Gasteiger partial charge in [-0.05, 0) is 68.3 Å². The normalized spacial score (nSPS) is 22.3. The zero-order valence-corrected chi connectivity index (χ0v) is 17.8. The van der Waals surface area contributed by atoms with E-state index in [0.717, 1.165) is 22.7 Å². The second-order valence-corrected chi connectivity index (χ2v) is 8.85. The number of thiophene rings is 1. The van der Waals surface area contributed by atoms with E-state index in [0.29, 0.717) is 19.1 Å². The summed E-state index contributed by atoms with van der Waals surface area (Å²) in [5, 5.41) is 7.82. The molecule has 2 aliphatic rings. The molecule has 0 bridgehead atoms. The lowest BCUT2D eigenvalue weighted by molar-refractivity contribution is -0.127. The van der Waals surface area contributed by atoms with E-state index in [-0.39, 0.29) is 11.9 Å². The van der Waals surface area contributed by atoms with Crippen LogP contribution in [0.15, 0.2) is 35.7 Å². The van der Waals surface area contributed by atoms with Gasteiger partial charge in [0.15, 0.2) is 0 Å². The van der Waals surface area contributed by atoms with Gasteiger partial charge in [0.2, 0.25) is 5.91 Å². The molecule has 154 valence electrons. The van der Waals surface area contributed by atoms with Gasteiger partial charge < -0.3 is 20.4 Å². The number of benzene rings is 1. The number of piperidine rings is 1. The van der Waals surface area contributed by atoms with Crippen molar-refractivity contribution >= 4 is 34.6 Å². The van der Waals surface area contributed by atoms with Crippen LogP contribution < -0.4 is 15.5 Å². The first kappa shape index (κ1) is 19.8. The third-order valence-corrected chi connectivity index (χ3v) is 6.80. The van der Waals surface area contributed by atoms with Gasteiger partial charge in [-0.25, -0.2) is 4.79 Å². The molecule has 0 aliphatic carbocycles. The largest absolute Gasteiger partial charge is 0.369 e. The zero-order chi connectivity index (χ0) is 20.4. The van der Waals surface area contributed by atoms with Gasteiger partial charge in [-0.3, -0.25) is 4.79 Å². The average molecular weight is 413 g/mol. The fourth-order valence-electron chi connectivity index (χ4n) is 4.25. The monoisotopic (exact) mass is 412 g/mol. The van der Waals surface area contributed by atoms with E-state index in [4.69, 9.17) is 0 Å². The molecule has 2 N–H and O–H groups in total. The number of nitrogens with one attached hydrogen (secondary N) is 2. The van der Waals surface area contributed by atoms with Crippen molar-refractivity contribution in [3.63, 3.8) is 0 Å². The number of amides is 3. The van der Waals surface area contributed by atoms with E-state index >= 15 is 0 Å². The number of nitrogens with zero attached hydrogens (tertiary/aromatic N) is 2. The van der Waals surface area contributed by atoms with Crippen LogP contribution >= 0.6 is 11.3 Å². The van der Waals surface area contributed by atoms with Gasteiger partial charge in [-0.1, -0.05) is 6.07 Å². The molecule has 7 heteroatoms. The van der Waals surface area contributed by atoms with Crippen molar-refractivity contribution in [1.29, 1.82) is 0 Å². The van der Waals surface area contributed by atoms with Gasteiger partial charge in [0.1, 0.15) is 6.04 Å². The first-order valence-electron chi connectivity index (χ1n) is 10.3. The predicted octanol–water partition coefficient (Wildman–Crippen LogP) is 4.14. The molecule has 2 aromatic rings. The maximum Gasteiger partial charge on any atom is 0.322 e. The van der Waals surface area contributed by atoms with Crippen molar-refractivity contribution in [3.05, 3.63) is 46.2 Å². The van der Waals surface area contributed by atoms with Gasteiger partial charge in [-0.15, -0.1) is 11.3 Å². The molecule has 1 aromatic carbocycles. The summed E-state index contributed by atoms with van der Waals surface area (Å²) >= 11 is 1.49. The van der Waals surface area contributed by atoms with E-state index in [2.05, 4.69) is 34.6 Å². The lowest BCUT2D eigenvalue weighted by Crippen LogP contribution is -2.53. The van der Waals surface area contributed by atoms with Crippen molar-refractivity contribution in [2.24, 2.45) is 0 Å². The summed E-state index contributed by atoms with van der Waals surface area (Å²) in [5.74, 6) is -0.125. The Hall–Kier alpha value is -2.54. The molecule has 0 spiro atoms. The Kier molecular flexibility index (Phi) is 5.76. The number of hydrogen-bond acceptors (Lipinski definition) is 4. The topological polar surface area (TPSA) is 64.7 Å². The number of carbonyl (C=O) groups excluding carboxylic acids is 2. The number of carbonyl (C=O) groups is 2. The summed E-state index contributed by atoms with van der Waals surface area (Å²) in [7, 11) is 0. The van der Waals surface area contributed by atoms with Crippen LogP contribution in [0.4, 0.5) is 16.2 Å². The Morgan fingerprint density at radius 3 is 2.83 bits per heavy atom. The first-order valence-corrected chi connectivity index (χ1v) is 11.2. The molecule has 6 nitrogen and oxygen atoms in total. The van der Waals surface area contributed by atoms with Crippen molar-refractivity contribution in [2.75, 3.05) is 29.9 Å². The van der Waals surface area contributed by atoms with Crippen molar-refractivity contribution < 1.29 is 9.59 Å². The van der Waals surface area contributed by atoms with E-state index in [1.165, 1.54) is 36.3 Å². The Morgan fingerprint density at radius 1 is 1.24 bits per heavy atom. The third-order valence-electron chi connectivity index (χ3n) is 5.87. The summed E-state index contributed by atoms with van der Waals surface area (Å²) < 4.78 is 0. The summed E-state index contributed by atoms with van der Waals surface area (Å²) in [4.78, 5) is 30.4. The number of urea groups is 1. The van der Waals surface area contributed by atoms with Gasteiger partial charge in [0.05, 0.1) is 0 Å². The average Bonchev–Trinajstić information content (AvgIpc) is 3.24. The minimum absolute atomic E-state index is 0.125. The maximum atomic E-state index is 13.0. The number of aryl methyl sites for hydroxylation is 1. The molecule has 4 rings (SSSR count). The van der Waals surface area contributed by atoms with Gasteiger partial charge >= 0.3 is 6.03 Å². The fraction of sp³-hybridized carbons (Fsp3) is 0.455. The first-order chi connectivity index (χ1) is 14.0. The highest BCUT2D eigenvalue weighted by Crippen LogP contribution is 2.30. The molecule has 3 heterocycles. The molecule has 1 aromatic heterocycles. The van der Waals surface area contributed by atoms with Crippen LogP contribution in [-0.2, 0) is 4.79 Å². The lowest BCUT2D eigenvalue weighted by Gasteiger charge is -2.36. The quantitative estimate of drug-likeness (QED) is 0.796. The number of piperazine rings is 1. The van der Waals surface area contributed by atoms with E-state index in [1.807, 2.05) is 30.5 Å². The van der Waals surface area contributed by atoms with Crippen molar-refractivity contribution in [3.8, 4) is 0 Å². The molecule has 2 unspecified atom stereocenters. The number of hydrogen-bond donors (Lipinski definition) is 2. The Morgan fingerprint density at radius 2 is 2.10 bits per heavy atom. The van der Waals surface area contributed by atoms with E-state index in [1.54, 1.807) is 4.90 Å². The summed E-state index contributed by atoms with van der Waals surface area (Å²) in [6.07, 6.45) is 3.74. The van der Waals surface area contributed by atoms with Crippen LogP contribution in [0.5, 0.6) is 0 Å². The molecule has 3 amide bonds. The third kappa shape index (κ3) is 4.10. The maximum absolute atomic E-state index is 13.0. The molecule has 0 saturated carbocycles. The van der Waals surface area contributed by atoms with Crippen LogP contribution in [0.1, 0.15) is 42.7 Å². The molecule has 2 atom stereocenters. The number of anilines is 2. The van der Waals surface area contributed by atoms with Gasteiger partial charge in [-0.2, -0.15) is 0 Å². The molecule has 2 aliphatic heterocycles. The van der Waals surface area contributed by atoms with Crippen molar-refractivity contribution in [2.45, 2.75) is 45.2 Å². The van der Waals surface area contributed by atoms with Crippen LogP contribution in [0.25, 0.3) is 0 Å². The summed E-state index contributed by atoms with van der Waals surface area (Å²) in [6, 6.07) is 9.76. The van der Waals surface area contributed by atoms with Crippen LogP contribution in [0.3, 0.4) is 0 Å². The summed E-state index contributed by atoms with van der Waals surface area (Å²) in [6.45, 7) is 6.34. The lowest BCUT2D eigenvalue weighted by atomic mass is 10.0. The highest BCUT2D eigenvalue weighted by molar-refractivity contribution is 7.10. The van der Waals surface area contributed by atoms with Crippen LogP contribution in [0.2, 0.25) is 0 Å². The van der Waals surface area contributed by atoms with E-state index in [9.17, 15) is 9.59 Å². The molecular formula is C22H28N4O2S. The summed E-state index contributed by atoms with van der Waals surface area (Å²) in [5.41, 5.74) is 3.03. The van der Waals surface area contributed by atoms with Crippen LogP contribution in [-0.4, -0.2) is 42.5 Å². The molecule has 2 saturated heterocycles. The Balaban J connectivity index is 1.51. The molecule has 0 radical (unpaired) electrons. The zero-order valence-electron chi connectivity index (χ0n) is 17.0. The van der Waals surface area contributed by atoms with Crippen molar-refractivity contribution in [1.82, 2.24) is 10.2 Å². The molecular weight excluding hydrogens is 384 g/mol. The highest BCUT2D eigenvalue weighted by atomic mass is 32.1. The van der Waals surface area contributed by atoms with E-state index < -0.39 is 6.04 Å². The Labute approximate surface area is 175 Å². The fourth-order valence-corrected chi connectivity index (χ4v) is 5.09. The Bertz CT molecular complexity index is 883. The molecule has 29 heavy (non-hydrogen) atoms. The SMILES string of the molecule is Cc1cc(N2CCCCC2C)ccc1NC(=O)N1CCNC(=O)C1c1cccs1.